The van der Waals surface area contributed by atoms with Gasteiger partial charge >= 0.3 is 0 Å². The number of aliphatic hydroxyl groups excluding tert-OH is 1. The molecule has 0 bridgehead atoms. The van der Waals surface area contributed by atoms with Crippen LogP contribution in [0.2, 0.25) is 5.02 Å². The van der Waals surface area contributed by atoms with E-state index in [0.717, 1.165) is 41.6 Å². The van der Waals surface area contributed by atoms with Crippen molar-refractivity contribution in [3.05, 3.63) is 88.6 Å². The SMILES string of the molecule is CCCc1cc(Cl)ccc1-c1noc(-c2ccccc2)c1C(O)C1=CNCC=C1. The molecular formula is C24H23ClN2O2. The minimum atomic E-state index is -0.874. The van der Waals surface area contributed by atoms with E-state index in [1.807, 2.05) is 66.9 Å². The minimum Gasteiger partial charge on any atom is -0.387 e. The number of hydrogen-bond acceptors (Lipinski definition) is 4. The van der Waals surface area contributed by atoms with Crippen LogP contribution in [0, 0.1) is 0 Å². The average molecular weight is 407 g/mol. The van der Waals surface area contributed by atoms with Crippen LogP contribution in [0.5, 0.6) is 0 Å². The molecule has 0 fully saturated rings. The number of halogens is 1. The van der Waals surface area contributed by atoms with Gasteiger partial charge in [0, 0.05) is 34.5 Å². The van der Waals surface area contributed by atoms with Crippen LogP contribution >= 0.6 is 11.6 Å². The molecule has 4 nitrogen and oxygen atoms in total. The molecule has 1 unspecified atom stereocenters. The molecule has 1 aliphatic heterocycles. The highest BCUT2D eigenvalue weighted by Crippen LogP contribution is 2.41. The summed E-state index contributed by atoms with van der Waals surface area (Å²) in [5.74, 6) is 0.574. The summed E-state index contributed by atoms with van der Waals surface area (Å²) >= 11 is 6.25. The van der Waals surface area contributed by atoms with Crippen molar-refractivity contribution >= 4 is 11.6 Å². The van der Waals surface area contributed by atoms with Gasteiger partial charge in [0.1, 0.15) is 11.8 Å². The van der Waals surface area contributed by atoms with Crippen molar-refractivity contribution < 1.29 is 9.63 Å². The van der Waals surface area contributed by atoms with Crippen LogP contribution in [-0.4, -0.2) is 16.8 Å². The normalized spacial score (nSPS) is 14.4. The van der Waals surface area contributed by atoms with Crippen molar-refractivity contribution in [2.75, 3.05) is 6.54 Å². The second-order valence-electron chi connectivity index (χ2n) is 7.05. The van der Waals surface area contributed by atoms with E-state index in [1.54, 1.807) is 0 Å². The summed E-state index contributed by atoms with van der Waals surface area (Å²) in [6, 6.07) is 15.5. The zero-order valence-electron chi connectivity index (χ0n) is 16.2. The largest absolute Gasteiger partial charge is 0.387 e. The molecule has 29 heavy (non-hydrogen) atoms. The van der Waals surface area contributed by atoms with Crippen LogP contribution in [0.1, 0.15) is 30.6 Å². The molecule has 148 valence electrons. The maximum Gasteiger partial charge on any atom is 0.173 e. The molecule has 5 heteroatoms. The number of nitrogens with zero attached hydrogens (tertiary/aromatic N) is 1. The third-order valence-electron chi connectivity index (χ3n) is 5.01. The molecule has 4 rings (SSSR count). The van der Waals surface area contributed by atoms with Crippen molar-refractivity contribution in [3.63, 3.8) is 0 Å². The lowest BCUT2D eigenvalue weighted by Crippen LogP contribution is -2.13. The second kappa shape index (κ2) is 8.68. The Bertz CT molecular complexity index is 1050. The van der Waals surface area contributed by atoms with E-state index in [0.29, 0.717) is 22.0 Å². The average Bonchev–Trinajstić information content (AvgIpc) is 3.20. The molecule has 2 aromatic carbocycles. The fraction of sp³-hybridized carbons (Fsp3) is 0.208. The first-order chi connectivity index (χ1) is 14.2. The van der Waals surface area contributed by atoms with E-state index in [9.17, 15) is 5.11 Å². The van der Waals surface area contributed by atoms with Gasteiger partial charge in [-0.3, -0.25) is 0 Å². The quantitative estimate of drug-likeness (QED) is 0.552. The Morgan fingerprint density at radius 3 is 2.76 bits per heavy atom. The monoisotopic (exact) mass is 406 g/mol. The first kappa shape index (κ1) is 19.5. The predicted octanol–water partition coefficient (Wildman–Crippen LogP) is 5.69. The Morgan fingerprint density at radius 2 is 2.03 bits per heavy atom. The number of dihydropyridines is 1. The van der Waals surface area contributed by atoms with E-state index in [4.69, 9.17) is 16.1 Å². The van der Waals surface area contributed by atoms with Crippen molar-refractivity contribution in [2.45, 2.75) is 25.9 Å². The Morgan fingerprint density at radius 1 is 1.21 bits per heavy atom. The fourth-order valence-corrected chi connectivity index (χ4v) is 3.83. The number of rotatable bonds is 6. The Kier molecular flexibility index (Phi) is 5.84. The van der Waals surface area contributed by atoms with E-state index in [-0.39, 0.29) is 0 Å². The van der Waals surface area contributed by atoms with Crippen LogP contribution in [0.3, 0.4) is 0 Å². The van der Waals surface area contributed by atoms with Gasteiger partial charge in [-0.15, -0.1) is 0 Å². The molecule has 0 saturated carbocycles. The maximum absolute atomic E-state index is 11.3. The van der Waals surface area contributed by atoms with Gasteiger partial charge in [-0.1, -0.05) is 78.7 Å². The molecule has 2 heterocycles. The van der Waals surface area contributed by atoms with Gasteiger partial charge < -0.3 is 14.9 Å². The lowest BCUT2D eigenvalue weighted by Gasteiger charge is -2.17. The highest BCUT2D eigenvalue weighted by molar-refractivity contribution is 6.30. The van der Waals surface area contributed by atoms with E-state index >= 15 is 0 Å². The molecule has 3 aromatic rings. The van der Waals surface area contributed by atoms with Gasteiger partial charge in [-0.25, -0.2) is 0 Å². The van der Waals surface area contributed by atoms with Crippen LogP contribution in [-0.2, 0) is 6.42 Å². The third kappa shape index (κ3) is 4.00. The number of nitrogens with one attached hydrogen (secondary N) is 1. The predicted molar refractivity (Wildman–Crippen MR) is 117 cm³/mol. The number of aliphatic hydroxyl groups is 1. The van der Waals surface area contributed by atoms with E-state index < -0.39 is 6.10 Å². The lowest BCUT2D eigenvalue weighted by molar-refractivity contribution is 0.219. The Hall–Kier alpha value is -2.82. The van der Waals surface area contributed by atoms with Crippen molar-refractivity contribution in [2.24, 2.45) is 0 Å². The standard InChI is InChI=1S/C24H23ClN2O2/c1-2-7-17-14-19(25)11-12-20(17)22-21(23(28)18-10-6-13-26-15-18)24(29-27-22)16-8-4-3-5-9-16/h3-6,8-12,14-15,23,26,28H,2,7,13H2,1H3. The Balaban J connectivity index is 1.90. The molecule has 0 spiro atoms. The smallest absolute Gasteiger partial charge is 0.173 e. The van der Waals surface area contributed by atoms with Crippen LogP contribution in [0.25, 0.3) is 22.6 Å². The Labute approximate surface area is 175 Å². The number of aryl methyl sites for hydroxylation is 1. The lowest BCUT2D eigenvalue weighted by atomic mass is 9.91. The highest BCUT2D eigenvalue weighted by Gasteiger charge is 2.28. The molecule has 2 N–H and O–H groups in total. The molecule has 0 radical (unpaired) electrons. The molecule has 0 amide bonds. The summed E-state index contributed by atoms with van der Waals surface area (Å²) in [4.78, 5) is 0. The van der Waals surface area contributed by atoms with Gasteiger partial charge in [0.15, 0.2) is 5.76 Å². The molecular weight excluding hydrogens is 384 g/mol. The number of benzene rings is 2. The zero-order chi connectivity index (χ0) is 20.2. The summed E-state index contributed by atoms with van der Waals surface area (Å²) < 4.78 is 5.80. The molecule has 0 saturated heterocycles. The molecule has 1 aliphatic rings. The number of aromatic nitrogens is 1. The van der Waals surface area contributed by atoms with Crippen molar-refractivity contribution in [1.29, 1.82) is 0 Å². The summed E-state index contributed by atoms with van der Waals surface area (Å²) in [7, 11) is 0. The number of hydrogen-bond donors (Lipinski definition) is 2. The van der Waals surface area contributed by atoms with Gasteiger partial charge in [-0.05, 0) is 24.1 Å². The van der Waals surface area contributed by atoms with Crippen LogP contribution in [0.15, 0.2) is 77.0 Å². The fourth-order valence-electron chi connectivity index (χ4n) is 3.64. The van der Waals surface area contributed by atoms with Crippen LogP contribution in [0.4, 0.5) is 0 Å². The molecule has 1 aromatic heterocycles. The van der Waals surface area contributed by atoms with Crippen molar-refractivity contribution in [1.82, 2.24) is 10.5 Å². The summed E-state index contributed by atoms with van der Waals surface area (Å²) in [5.41, 5.74) is 4.98. The highest BCUT2D eigenvalue weighted by atomic mass is 35.5. The van der Waals surface area contributed by atoms with Gasteiger partial charge in [0.2, 0.25) is 0 Å². The van der Waals surface area contributed by atoms with Crippen molar-refractivity contribution in [3.8, 4) is 22.6 Å². The second-order valence-corrected chi connectivity index (χ2v) is 7.49. The topological polar surface area (TPSA) is 58.3 Å². The van der Waals surface area contributed by atoms with Gasteiger partial charge in [-0.2, -0.15) is 0 Å². The first-order valence-corrected chi connectivity index (χ1v) is 10.2. The zero-order valence-corrected chi connectivity index (χ0v) is 17.0. The van der Waals surface area contributed by atoms with E-state index in [1.165, 1.54) is 0 Å². The first-order valence-electron chi connectivity index (χ1n) is 9.81. The minimum absolute atomic E-state index is 0.574. The summed E-state index contributed by atoms with van der Waals surface area (Å²) in [6.07, 6.45) is 6.72. The molecule has 0 aliphatic carbocycles. The summed E-state index contributed by atoms with van der Waals surface area (Å²) in [6.45, 7) is 2.87. The maximum atomic E-state index is 11.3. The van der Waals surface area contributed by atoms with Gasteiger partial charge in [0.05, 0.1) is 5.56 Å². The van der Waals surface area contributed by atoms with Crippen LogP contribution < -0.4 is 5.32 Å². The van der Waals surface area contributed by atoms with E-state index in [2.05, 4.69) is 17.4 Å². The third-order valence-corrected chi connectivity index (χ3v) is 5.24. The molecule has 1 atom stereocenters. The summed E-state index contributed by atoms with van der Waals surface area (Å²) in [5, 5.41) is 19.6. The van der Waals surface area contributed by atoms with Gasteiger partial charge in [0.25, 0.3) is 0 Å².